The minimum atomic E-state index is 0.0627. The van der Waals surface area contributed by atoms with Gasteiger partial charge in [0.15, 0.2) is 6.54 Å². The first-order valence-corrected chi connectivity index (χ1v) is 8.96. The number of carbonyl (C=O) groups is 1. The highest BCUT2D eigenvalue weighted by Crippen LogP contribution is 2.17. The van der Waals surface area contributed by atoms with Gasteiger partial charge < -0.3 is 15.0 Å². The van der Waals surface area contributed by atoms with Gasteiger partial charge >= 0.3 is 0 Å². The fraction of sp³-hybridized carbons (Fsp3) is 0.316. The summed E-state index contributed by atoms with van der Waals surface area (Å²) in [5.41, 5.74) is 2.07. The van der Waals surface area contributed by atoms with Gasteiger partial charge in [0.25, 0.3) is 5.91 Å². The molecule has 1 aliphatic carbocycles. The van der Waals surface area contributed by atoms with Crippen LogP contribution in [-0.4, -0.2) is 25.6 Å². The SMILES string of the molecule is COc1ccc(C[NH+](CC(=O)Nc2ccc(Br)cc2)C2CC2)cc1. The number of nitrogens with one attached hydrogen (secondary N) is 2. The lowest BCUT2D eigenvalue weighted by Crippen LogP contribution is -3.13. The number of ether oxygens (including phenoxy) is 1. The minimum absolute atomic E-state index is 0.0627. The summed E-state index contributed by atoms with van der Waals surface area (Å²) >= 11 is 3.40. The van der Waals surface area contributed by atoms with E-state index in [1.165, 1.54) is 23.3 Å². The van der Waals surface area contributed by atoms with Gasteiger partial charge in [-0.15, -0.1) is 0 Å². The Morgan fingerprint density at radius 3 is 2.42 bits per heavy atom. The number of carbonyl (C=O) groups excluding carboxylic acids is 1. The summed E-state index contributed by atoms with van der Waals surface area (Å²) in [6.45, 7) is 1.36. The molecule has 1 fully saturated rings. The van der Waals surface area contributed by atoms with Crippen LogP contribution in [0, 0.1) is 0 Å². The Bertz CT molecular complexity index is 682. The molecule has 126 valence electrons. The topological polar surface area (TPSA) is 42.8 Å². The molecule has 0 saturated heterocycles. The van der Waals surface area contributed by atoms with Crippen molar-refractivity contribution in [3.63, 3.8) is 0 Å². The third-order valence-corrected chi connectivity index (χ3v) is 4.79. The third kappa shape index (κ3) is 4.82. The highest BCUT2D eigenvalue weighted by atomic mass is 79.9. The molecule has 0 aliphatic heterocycles. The summed E-state index contributed by atoms with van der Waals surface area (Å²) in [5.74, 6) is 0.924. The molecule has 1 atom stereocenters. The Labute approximate surface area is 150 Å². The van der Waals surface area contributed by atoms with Crippen molar-refractivity contribution in [1.82, 2.24) is 0 Å². The largest absolute Gasteiger partial charge is 0.497 e. The van der Waals surface area contributed by atoms with Crippen LogP contribution in [-0.2, 0) is 11.3 Å². The van der Waals surface area contributed by atoms with Crippen LogP contribution >= 0.6 is 15.9 Å². The van der Waals surface area contributed by atoms with Crippen molar-refractivity contribution in [2.45, 2.75) is 25.4 Å². The summed E-state index contributed by atoms with van der Waals surface area (Å²) in [5, 5.41) is 2.99. The molecule has 2 aromatic rings. The molecule has 1 saturated carbocycles. The van der Waals surface area contributed by atoms with Crippen LogP contribution in [0.3, 0.4) is 0 Å². The summed E-state index contributed by atoms with van der Waals surface area (Å²) in [6.07, 6.45) is 2.41. The predicted molar refractivity (Wildman–Crippen MR) is 98.3 cm³/mol. The van der Waals surface area contributed by atoms with Gasteiger partial charge in [-0.05, 0) is 48.5 Å². The Morgan fingerprint density at radius 2 is 1.83 bits per heavy atom. The van der Waals surface area contributed by atoms with E-state index < -0.39 is 0 Å². The number of quaternary nitrogens is 1. The van der Waals surface area contributed by atoms with Crippen molar-refractivity contribution in [3.8, 4) is 5.75 Å². The van der Waals surface area contributed by atoms with Crippen LogP contribution in [0.25, 0.3) is 0 Å². The molecule has 24 heavy (non-hydrogen) atoms. The first kappa shape index (κ1) is 17.0. The lowest BCUT2D eigenvalue weighted by atomic mass is 10.2. The predicted octanol–water partition coefficient (Wildman–Crippen LogP) is 2.64. The molecule has 0 spiro atoms. The van der Waals surface area contributed by atoms with Gasteiger partial charge in [0.2, 0.25) is 0 Å². The van der Waals surface area contributed by atoms with Gasteiger partial charge in [-0.2, -0.15) is 0 Å². The van der Waals surface area contributed by atoms with Gasteiger partial charge in [0.1, 0.15) is 12.3 Å². The molecule has 0 bridgehead atoms. The van der Waals surface area contributed by atoms with Gasteiger partial charge in [-0.3, -0.25) is 4.79 Å². The highest BCUT2D eigenvalue weighted by Gasteiger charge is 2.34. The molecule has 5 heteroatoms. The van der Waals surface area contributed by atoms with Crippen molar-refractivity contribution in [1.29, 1.82) is 0 Å². The fourth-order valence-corrected chi connectivity index (χ4v) is 3.06. The normalized spacial score (nSPS) is 14.9. The van der Waals surface area contributed by atoms with Crippen molar-refractivity contribution < 1.29 is 14.4 Å². The number of benzene rings is 2. The van der Waals surface area contributed by atoms with E-state index in [0.717, 1.165) is 22.5 Å². The summed E-state index contributed by atoms with van der Waals surface area (Å²) in [4.78, 5) is 13.7. The molecule has 4 nitrogen and oxygen atoms in total. The van der Waals surface area contributed by atoms with Crippen LogP contribution in [0.4, 0.5) is 5.69 Å². The summed E-state index contributed by atoms with van der Waals surface area (Å²) in [7, 11) is 1.67. The molecular formula is C19H22BrN2O2+. The lowest BCUT2D eigenvalue weighted by molar-refractivity contribution is -0.916. The zero-order chi connectivity index (χ0) is 16.9. The third-order valence-electron chi connectivity index (χ3n) is 4.26. The fourth-order valence-electron chi connectivity index (χ4n) is 2.79. The molecule has 2 N–H and O–H groups in total. The van der Waals surface area contributed by atoms with E-state index >= 15 is 0 Å². The van der Waals surface area contributed by atoms with Crippen molar-refractivity contribution in [2.75, 3.05) is 19.0 Å². The number of hydrogen-bond acceptors (Lipinski definition) is 2. The Balaban J connectivity index is 1.58. The maximum absolute atomic E-state index is 12.4. The summed E-state index contributed by atoms with van der Waals surface area (Å²) < 4.78 is 6.20. The first-order valence-electron chi connectivity index (χ1n) is 8.17. The van der Waals surface area contributed by atoms with Gasteiger partial charge in [0, 0.05) is 28.6 Å². The second-order valence-electron chi connectivity index (χ2n) is 6.19. The standard InChI is InChI=1S/C19H21BrN2O2/c1-24-18-10-2-14(3-11-18)12-22(17-8-9-17)13-19(23)21-16-6-4-15(20)5-7-16/h2-7,10-11,17H,8-9,12-13H2,1H3,(H,21,23)/p+1. The number of amides is 1. The van der Waals surface area contributed by atoms with E-state index in [2.05, 4.69) is 33.4 Å². The summed E-state index contributed by atoms with van der Waals surface area (Å²) in [6, 6.07) is 16.4. The van der Waals surface area contributed by atoms with Crippen molar-refractivity contribution in [3.05, 3.63) is 58.6 Å². The van der Waals surface area contributed by atoms with E-state index in [-0.39, 0.29) is 5.91 Å². The van der Waals surface area contributed by atoms with Gasteiger partial charge in [-0.25, -0.2) is 0 Å². The Hall–Kier alpha value is -1.85. The lowest BCUT2D eigenvalue weighted by Gasteiger charge is -2.19. The smallest absolute Gasteiger partial charge is 0.279 e. The second-order valence-corrected chi connectivity index (χ2v) is 7.10. The van der Waals surface area contributed by atoms with Gasteiger partial charge in [0.05, 0.1) is 13.2 Å². The maximum atomic E-state index is 12.4. The molecule has 0 heterocycles. The van der Waals surface area contributed by atoms with Crippen LogP contribution in [0.5, 0.6) is 5.75 Å². The van der Waals surface area contributed by atoms with Crippen molar-refractivity contribution >= 4 is 27.5 Å². The average Bonchev–Trinajstić information content (AvgIpc) is 3.42. The number of rotatable bonds is 7. The average molecular weight is 390 g/mol. The number of anilines is 1. The number of methoxy groups -OCH3 is 1. The Morgan fingerprint density at radius 1 is 1.17 bits per heavy atom. The monoisotopic (exact) mass is 389 g/mol. The van der Waals surface area contributed by atoms with Crippen LogP contribution < -0.4 is 15.0 Å². The molecule has 3 rings (SSSR count). The van der Waals surface area contributed by atoms with Gasteiger partial charge in [-0.1, -0.05) is 15.9 Å². The quantitative estimate of drug-likeness (QED) is 0.764. The zero-order valence-electron chi connectivity index (χ0n) is 13.7. The second kappa shape index (κ2) is 7.81. The molecule has 1 unspecified atom stereocenters. The van der Waals surface area contributed by atoms with Crippen LogP contribution in [0.1, 0.15) is 18.4 Å². The van der Waals surface area contributed by atoms with Crippen LogP contribution in [0.2, 0.25) is 0 Å². The van der Waals surface area contributed by atoms with Crippen molar-refractivity contribution in [2.24, 2.45) is 0 Å². The maximum Gasteiger partial charge on any atom is 0.279 e. The van der Waals surface area contributed by atoms with E-state index in [4.69, 9.17) is 4.74 Å². The van der Waals surface area contributed by atoms with E-state index in [9.17, 15) is 4.79 Å². The molecule has 1 aliphatic rings. The minimum Gasteiger partial charge on any atom is -0.497 e. The molecule has 0 radical (unpaired) electrons. The Kier molecular flexibility index (Phi) is 5.53. The first-order chi connectivity index (χ1) is 11.6. The molecule has 0 aromatic heterocycles. The number of hydrogen-bond donors (Lipinski definition) is 2. The van der Waals surface area contributed by atoms with E-state index in [0.29, 0.717) is 12.6 Å². The zero-order valence-corrected chi connectivity index (χ0v) is 15.3. The van der Waals surface area contributed by atoms with Crippen LogP contribution in [0.15, 0.2) is 53.0 Å². The molecular weight excluding hydrogens is 368 g/mol. The van der Waals surface area contributed by atoms with E-state index in [1.54, 1.807) is 7.11 Å². The number of halogens is 1. The molecule has 1 amide bonds. The van der Waals surface area contributed by atoms with E-state index in [1.807, 2.05) is 36.4 Å². The molecule has 2 aromatic carbocycles. The highest BCUT2D eigenvalue weighted by molar-refractivity contribution is 9.10.